The van der Waals surface area contributed by atoms with Gasteiger partial charge in [-0.15, -0.1) is 0 Å². The van der Waals surface area contributed by atoms with E-state index in [1.165, 1.54) is 0 Å². The lowest BCUT2D eigenvalue weighted by molar-refractivity contribution is 0.145. The number of benzene rings is 12. The van der Waals surface area contributed by atoms with E-state index in [0.717, 1.165) is 115 Å². The standard InChI is InChI=1S/C20H18ClN3O3S.C19H18ClN3O2S.2C17H15N3O2S.C16H13N3O2S.C15H11N3O2S/c21-17-11-16-15-10-12(24-8-5-13(25)6-9-24)3-4-18(15)28(26,27)23-20(16)19-14(17)2-1-7-22-19;1-3-23(4-2)12-7-8-17-14(10-12)15-11-16(20)13-6-5-9-21-18(13)19(15)22-26(17,24)25;1-20(2)12-6-8-15-14(10-12)13-7-5-11-4-3-9-18-16(11)17(13)19-23(15,21)22;1-20(2)14-9-10-18-16-13(14)8-7-12-11-5-3-4-6-15(11)23(21,22)19-17(12)16;1-17-13-8-9-18-15-12(13)7-6-11-10-4-2-3-5-14(10)22(20,21)19-16(11)15;16-12-7-8-17-14-11(12)6-5-10-9-3-1-2-4-13(9)21(19,20)18-15(10)14/h1-4,7,10-11,13,23,25H,5-6,8-9H2;5-11,22H,3-4H2,1-2H3;2*3-10,19H,1-2H3;2-9,19H,1H3,(H,17,18);1-8,18H,(H2,16,17). The predicted molar refractivity (Wildman–Crippen MR) is 572 cm³/mol. The van der Waals surface area contributed by atoms with Crippen molar-refractivity contribution >= 4 is 217 Å². The average molecular weight is 2060 g/mol. The number of hydrogen-bond donors (Lipinski definition) is 9. The van der Waals surface area contributed by atoms with Crippen LogP contribution in [0.25, 0.3) is 132 Å². The molecule has 6 aromatic heterocycles. The summed E-state index contributed by atoms with van der Waals surface area (Å²) in [5, 5.41) is 18.8. The van der Waals surface area contributed by atoms with Gasteiger partial charge in [-0.2, -0.15) is 0 Å². The van der Waals surface area contributed by atoms with Gasteiger partial charge in [0.05, 0.1) is 113 Å². The maximum absolute atomic E-state index is 12.9. The third-order valence-corrected chi connectivity index (χ3v) is 35.0. The number of aliphatic hydroxyl groups excluding tert-OH is 1. The molecule has 25 rings (SSSR count). The lowest BCUT2D eigenvalue weighted by atomic mass is 9.99. The van der Waals surface area contributed by atoms with Crippen LogP contribution < -0.4 is 59.0 Å². The van der Waals surface area contributed by atoms with Crippen LogP contribution in [0.5, 0.6) is 0 Å². The fraction of sp³-hybridized carbons (Fsp3) is 0.135. The van der Waals surface area contributed by atoms with Crippen molar-refractivity contribution in [2.24, 2.45) is 0 Å². The van der Waals surface area contributed by atoms with Gasteiger partial charge in [-0.1, -0.05) is 114 Å². The number of hydrogen-bond acceptors (Lipinski definition) is 25. The van der Waals surface area contributed by atoms with Crippen LogP contribution >= 0.6 is 23.2 Å². The molecular formula is C104H90Cl2N18O13S6. The van der Waals surface area contributed by atoms with E-state index in [2.05, 4.69) is 87.2 Å². The number of nitrogen functional groups attached to an aromatic ring is 1. The van der Waals surface area contributed by atoms with Crippen LogP contribution in [0.4, 0.5) is 68.2 Å². The SMILES string of the molecule is CCN(CC)c1ccc2c(c1)-c1cc(Cl)c3cccnc3c1NS2(=O)=O.CN(C)c1ccc2c(c1)-c1ccc3cccnc3c1NS2(=O)=O.CN(C)c1ccnc2c3c(ccc12)-c1ccccc1S(=O)(=O)N3.CNc1ccnc2c3c(ccc12)-c1ccccc1S(=O)(=O)N3.Nc1ccnc2c3c(ccc12)-c1ccccc1S(=O)(=O)N3.O=S1(=O)Nc2c(cc(Cl)c3cccnc23)-c2cc(N3CCC(O)CC3)ccc21. The number of aliphatic hydroxyl groups is 1. The second-order valence-electron chi connectivity index (χ2n) is 34.8. The summed E-state index contributed by atoms with van der Waals surface area (Å²) in [5.74, 6) is 0. The summed E-state index contributed by atoms with van der Waals surface area (Å²) >= 11 is 12.9. The number of halogens is 2. The van der Waals surface area contributed by atoms with Crippen molar-refractivity contribution in [3.05, 3.63) is 290 Å². The van der Waals surface area contributed by atoms with Crippen LogP contribution in [0.2, 0.25) is 10.0 Å². The molecule has 1 fully saturated rings. The minimum Gasteiger partial charge on any atom is -0.398 e. The molecule has 0 bridgehead atoms. The first-order chi connectivity index (χ1) is 68.5. The topological polar surface area (TPSA) is 426 Å². The highest BCUT2D eigenvalue weighted by molar-refractivity contribution is 7.94. The molecule has 7 aliphatic heterocycles. The van der Waals surface area contributed by atoms with E-state index in [1.807, 2.05) is 203 Å². The average Bonchev–Trinajstić information content (AvgIpc) is 0.721. The van der Waals surface area contributed by atoms with Gasteiger partial charge < -0.3 is 35.8 Å². The first-order valence-corrected chi connectivity index (χ1v) is 54.8. The largest absolute Gasteiger partial charge is 0.398 e. The van der Waals surface area contributed by atoms with E-state index >= 15 is 0 Å². The zero-order chi connectivity index (χ0) is 100. The lowest BCUT2D eigenvalue weighted by Gasteiger charge is -2.32. The van der Waals surface area contributed by atoms with Gasteiger partial charge in [0.15, 0.2) is 0 Å². The molecule has 724 valence electrons. The van der Waals surface area contributed by atoms with Crippen molar-refractivity contribution < 1.29 is 55.6 Å². The second kappa shape index (κ2) is 37.1. The van der Waals surface area contributed by atoms with Crippen LogP contribution in [0.15, 0.2) is 309 Å². The van der Waals surface area contributed by atoms with E-state index in [1.54, 1.807) is 122 Å². The van der Waals surface area contributed by atoms with Gasteiger partial charge in [0.2, 0.25) is 0 Å². The Balaban J connectivity index is 0.000000105. The van der Waals surface area contributed by atoms with Crippen molar-refractivity contribution in [3.63, 3.8) is 0 Å². The van der Waals surface area contributed by atoms with Crippen LogP contribution in [-0.2, 0) is 60.1 Å². The smallest absolute Gasteiger partial charge is 0.262 e. The summed E-state index contributed by atoms with van der Waals surface area (Å²) in [6.07, 6.45) is 11.0. The molecule has 0 radical (unpaired) electrons. The van der Waals surface area contributed by atoms with Crippen molar-refractivity contribution in [1.82, 2.24) is 29.9 Å². The molecule has 1 saturated heterocycles. The van der Waals surface area contributed by atoms with Crippen LogP contribution in [-0.4, -0.2) is 153 Å². The molecule has 0 spiro atoms. The number of rotatable bonds is 7. The molecule has 0 amide bonds. The van der Waals surface area contributed by atoms with Gasteiger partial charge in [-0.3, -0.25) is 58.2 Å². The summed E-state index contributed by atoms with van der Waals surface area (Å²) in [6.45, 7) is 7.29. The molecule has 0 atom stereocenters. The third kappa shape index (κ3) is 17.4. The Bertz CT molecular complexity index is 9130. The van der Waals surface area contributed by atoms with E-state index in [4.69, 9.17) is 28.9 Å². The molecule has 39 heteroatoms. The first-order valence-electron chi connectivity index (χ1n) is 45.2. The van der Waals surface area contributed by atoms with E-state index in [-0.39, 0.29) is 20.8 Å². The fourth-order valence-electron chi connectivity index (χ4n) is 18.9. The second-order valence-corrected chi connectivity index (χ2v) is 45.5. The molecule has 31 nitrogen and oxygen atoms in total. The van der Waals surface area contributed by atoms with Crippen molar-refractivity contribution in [2.45, 2.75) is 62.2 Å². The maximum atomic E-state index is 12.9. The Morgan fingerprint density at radius 2 is 0.713 bits per heavy atom. The number of fused-ring (bicyclic) bond motifs is 30. The van der Waals surface area contributed by atoms with Gasteiger partial charge in [0.1, 0.15) is 0 Å². The molecular weight excluding hydrogens is 1970 g/mol. The molecule has 10 N–H and O–H groups in total. The zero-order valence-electron chi connectivity index (χ0n) is 77.5. The Labute approximate surface area is 835 Å². The van der Waals surface area contributed by atoms with Crippen LogP contribution in [0, 0.1) is 0 Å². The highest BCUT2D eigenvalue weighted by Gasteiger charge is 2.38. The minimum atomic E-state index is -3.71. The highest BCUT2D eigenvalue weighted by atomic mass is 35.5. The maximum Gasteiger partial charge on any atom is 0.262 e. The van der Waals surface area contributed by atoms with E-state index in [0.29, 0.717) is 149 Å². The monoisotopic (exact) mass is 2060 g/mol. The van der Waals surface area contributed by atoms with Gasteiger partial charge in [-0.25, -0.2) is 50.5 Å². The van der Waals surface area contributed by atoms with Crippen molar-refractivity contribution in [1.29, 1.82) is 0 Å². The first kappa shape index (κ1) is 95.5. The van der Waals surface area contributed by atoms with Gasteiger partial charge >= 0.3 is 0 Å². The summed E-state index contributed by atoms with van der Waals surface area (Å²) < 4.78 is 167. The third-order valence-electron chi connectivity index (χ3n) is 25.9. The number of nitrogens with two attached hydrogens (primary N) is 1. The van der Waals surface area contributed by atoms with Crippen LogP contribution in [0.3, 0.4) is 0 Å². The molecule has 0 unspecified atom stereocenters. The number of nitrogens with zero attached hydrogens (tertiary/aromatic N) is 10. The van der Waals surface area contributed by atoms with E-state index < -0.39 is 60.1 Å². The van der Waals surface area contributed by atoms with Crippen LogP contribution in [0.1, 0.15) is 26.7 Å². The summed E-state index contributed by atoms with van der Waals surface area (Å²) in [5.41, 5.74) is 26.8. The Morgan fingerprint density at radius 3 is 1.20 bits per heavy atom. The fourth-order valence-corrected chi connectivity index (χ4v) is 27.3. The van der Waals surface area contributed by atoms with Gasteiger partial charge in [-0.05, 0) is 178 Å². The van der Waals surface area contributed by atoms with Gasteiger partial charge in [0.25, 0.3) is 60.1 Å². The molecule has 0 aliphatic carbocycles. The molecule has 12 aromatic carbocycles. The number of nitrogens with one attached hydrogen (secondary N) is 7. The normalized spacial score (nSPS) is 15.4. The Morgan fingerprint density at radius 1 is 0.350 bits per heavy atom. The Kier molecular flexibility index (Phi) is 24.8. The molecule has 18 aromatic rings. The molecule has 0 saturated carbocycles. The van der Waals surface area contributed by atoms with E-state index in [9.17, 15) is 55.6 Å². The number of pyridine rings is 6. The minimum absolute atomic E-state index is 0.229. The summed E-state index contributed by atoms with van der Waals surface area (Å²) in [6, 6.07) is 72.6. The Hall–Kier alpha value is -15.1. The number of sulfonamides is 6. The quantitative estimate of drug-likeness (QED) is 0.0715. The molecule has 7 aliphatic rings. The van der Waals surface area contributed by atoms with Crippen molar-refractivity contribution in [3.8, 4) is 66.8 Å². The molecule has 13 heterocycles. The number of piperidine rings is 1. The highest BCUT2D eigenvalue weighted by Crippen LogP contribution is 2.53. The number of aromatic nitrogens is 6. The molecule has 143 heavy (non-hydrogen) atoms. The lowest BCUT2D eigenvalue weighted by Crippen LogP contribution is -2.35. The zero-order valence-corrected chi connectivity index (χ0v) is 83.9. The summed E-state index contributed by atoms with van der Waals surface area (Å²) in [7, 11) is -12.1. The predicted octanol–water partition coefficient (Wildman–Crippen LogP) is 20.0. The van der Waals surface area contributed by atoms with Gasteiger partial charge in [0, 0.05) is 232 Å². The number of anilines is 12. The van der Waals surface area contributed by atoms with Crippen molar-refractivity contribution in [2.75, 3.05) is 120 Å². The summed E-state index contributed by atoms with van der Waals surface area (Å²) in [4.78, 5) is 36.1.